The first-order valence-corrected chi connectivity index (χ1v) is 10.9. The van der Waals surface area contributed by atoms with Crippen molar-refractivity contribution in [2.75, 3.05) is 7.11 Å². The van der Waals surface area contributed by atoms with E-state index in [1.54, 1.807) is 66.9 Å². The highest BCUT2D eigenvalue weighted by atomic mass is 31.1. The fourth-order valence-electron chi connectivity index (χ4n) is 3.23. The van der Waals surface area contributed by atoms with Crippen LogP contribution < -0.4 is 20.9 Å². The van der Waals surface area contributed by atoms with Gasteiger partial charge in [0.1, 0.15) is 5.75 Å². The number of nitrogens with zero attached hydrogens (tertiary/aromatic N) is 3. The van der Waals surface area contributed by atoms with Crippen LogP contribution in [0.15, 0.2) is 84.0 Å². The van der Waals surface area contributed by atoms with E-state index in [0.717, 1.165) is 0 Å². The molecule has 2 aromatic heterocycles. The molecule has 0 bridgehead atoms. The average molecular weight is 464 g/mol. The van der Waals surface area contributed by atoms with E-state index in [1.165, 1.54) is 24.2 Å². The number of hydrogen-bond donors (Lipinski definition) is 2. The van der Waals surface area contributed by atoms with Gasteiger partial charge in [-0.2, -0.15) is 5.10 Å². The van der Waals surface area contributed by atoms with E-state index in [0.29, 0.717) is 23.0 Å². The van der Waals surface area contributed by atoms with Crippen LogP contribution in [0.25, 0.3) is 5.95 Å². The van der Waals surface area contributed by atoms with Gasteiger partial charge in [0.05, 0.1) is 12.7 Å². The summed E-state index contributed by atoms with van der Waals surface area (Å²) in [7, 11) is -0.979. The molecule has 2 atom stereocenters. The number of hydrogen-bond acceptors (Lipinski definition) is 7. The number of aromatic nitrogens is 4. The van der Waals surface area contributed by atoms with E-state index in [9.17, 15) is 14.2 Å². The highest BCUT2D eigenvalue weighted by Crippen LogP contribution is 2.39. The first kappa shape index (κ1) is 22.1. The molecule has 2 heterocycles. The number of ether oxygens (including phenoxy) is 1. The molecular formula is C22H19N5O5P+. The Kier molecular flexibility index (Phi) is 6.39. The van der Waals surface area contributed by atoms with Gasteiger partial charge >= 0.3 is 8.03 Å². The Morgan fingerprint density at radius 1 is 1.12 bits per heavy atom. The van der Waals surface area contributed by atoms with Gasteiger partial charge in [0.2, 0.25) is 17.7 Å². The normalized spacial score (nSPS) is 13.1. The molecule has 11 heteroatoms. The van der Waals surface area contributed by atoms with Crippen LogP contribution in [0, 0.1) is 0 Å². The molecule has 0 saturated heterocycles. The highest BCUT2D eigenvalue weighted by molar-refractivity contribution is 7.48. The van der Waals surface area contributed by atoms with Gasteiger partial charge in [0.25, 0.3) is 11.3 Å². The Bertz CT molecular complexity index is 1310. The van der Waals surface area contributed by atoms with Crippen LogP contribution in [-0.4, -0.2) is 33.3 Å². The lowest BCUT2D eigenvalue weighted by Gasteiger charge is -2.27. The Labute approximate surface area is 189 Å². The van der Waals surface area contributed by atoms with E-state index in [-0.39, 0.29) is 11.5 Å². The van der Waals surface area contributed by atoms with Crippen LogP contribution >= 0.6 is 8.03 Å². The molecule has 2 aromatic carbocycles. The molecule has 2 N–H and O–H groups in total. The number of rotatable bonds is 9. The molecule has 1 amide bonds. The van der Waals surface area contributed by atoms with Crippen molar-refractivity contribution in [2.24, 2.45) is 0 Å². The lowest BCUT2D eigenvalue weighted by atomic mass is 9.96. The summed E-state index contributed by atoms with van der Waals surface area (Å²) in [4.78, 5) is 31.8. The van der Waals surface area contributed by atoms with Crippen molar-refractivity contribution in [3.05, 3.63) is 101 Å². The largest absolute Gasteiger partial charge is 0.551 e. The number of methoxy groups -OCH3 is 1. The second-order valence-corrected chi connectivity index (χ2v) is 7.97. The van der Waals surface area contributed by atoms with Crippen molar-refractivity contribution in [1.29, 1.82) is 0 Å². The molecule has 2 unspecified atom stereocenters. The molecular weight excluding hydrogens is 445 g/mol. The maximum Gasteiger partial charge on any atom is 0.551 e. The maximum atomic E-state index is 13.2. The molecule has 4 rings (SSSR count). The van der Waals surface area contributed by atoms with E-state index in [2.05, 4.69) is 20.4 Å². The van der Waals surface area contributed by atoms with Crippen LogP contribution in [0.5, 0.6) is 5.75 Å². The maximum absolute atomic E-state index is 13.2. The Morgan fingerprint density at radius 3 is 2.48 bits per heavy atom. The van der Waals surface area contributed by atoms with Crippen molar-refractivity contribution in [2.45, 2.75) is 5.72 Å². The number of H-pyrrole nitrogens is 1. The predicted molar refractivity (Wildman–Crippen MR) is 120 cm³/mol. The SMILES string of the molecule is COc1ccc(C(NC=O)(O[P+](=O)c2ccccc2)c2cnc(-n3cccn3)[nH]c2=O)cc1. The summed E-state index contributed by atoms with van der Waals surface area (Å²) in [6, 6.07) is 16.6. The van der Waals surface area contributed by atoms with E-state index >= 15 is 0 Å². The monoisotopic (exact) mass is 464 g/mol. The van der Waals surface area contributed by atoms with E-state index < -0.39 is 19.3 Å². The lowest BCUT2D eigenvalue weighted by molar-refractivity contribution is -0.113. The molecule has 33 heavy (non-hydrogen) atoms. The summed E-state index contributed by atoms with van der Waals surface area (Å²) in [6.07, 6.45) is 4.78. The average Bonchev–Trinajstić information content (AvgIpc) is 3.39. The zero-order valence-electron chi connectivity index (χ0n) is 17.4. The van der Waals surface area contributed by atoms with E-state index in [1.807, 2.05) is 0 Å². The first-order valence-electron chi connectivity index (χ1n) is 9.74. The fourth-order valence-corrected chi connectivity index (χ4v) is 4.25. The van der Waals surface area contributed by atoms with E-state index in [4.69, 9.17) is 9.26 Å². The van der Waals surface area contributed by atoms with Crippen LogP contribution in [0.1, 0.15) is 11.1 Å². The van der Waals surface area contributed by atoms with Crippen LogP contribution in [0.3, 0.4) is 0 Å². The number of carbonyl (C=O) groups is 1. The molecule has 0 spiro atoms. The second kappa shape index (κ2) is 9.56. The zero-order valence-corrected chi connectivity index (χ0v) is 18.3. The number of amides is 1. The summed E-state index contributed by atoms with van der Waals surface area (Å²) in [5.41, 5.74) is -2.25. The predicted octanol–water partition coefficient (Wildman–Crippen LogP) is 2.00. The lowest BCUT2D eigenvalue weighted by Crippen LogP contribution is -2.48. The molecule has 0 fully saturated rings. The van der Waals surface area contributed by atoms with Gasteiger partial charge in [-0.15, -0.1) is 4.52 Å². The minimum atomic E-state index is -2.49. The van der Waals surface area contributed by atoms with Gasteiger partial charge in [-0.05, 0) is 47.0 Å². The van der Waals surface area contributed by atoms with Crippen molar-refractivity contribution in [3.8, 4) is 11.7 Å². The zero-order chi connectivity index (χ0) is 23.3. The number of nitrogens with one attached hydrogen (secondary N) is 2. The van der Waals surface area contributed by atoms with Gasteiger partial charge in [0.15, 0.2) is 0 Å². The summed E-state index contributed by atoms with van der Waals surface area (Å²) in [5.74, 6) is 0.711. The smallest absolute Gasteiger partial charge is 0.497 e. The van der Waals surface area contributed by atoms with Gasteiger partial charge in [-0.3, -0.25) is 14.6 Å². The molecule has 0 aliphatic heterocycles. The topological polar surface area (TPSA) is 128 Å². The minimum Gasteiger partial charge on any atom is -0.497 e. The van der Waals surface area contributed by atoms with Crippen molar-refractivity contribution in [3.63, 3.8) is 0 Å². The van der Waals surface area contributed by atoms with Crippen LogP contribution in [0.2, 0.25) is 0 Å². The standard InChI is InChI=1S/C22H18N5O5P/c1-31-17-10-8-16(9-11-17)22(24-15-28,32-33(30)18-6-3-2-4-7-18)19-14-23-21(26-20(19)29)27-13-5-12-25-27/h2-15H,1H3,(H-,23,24,26,28,29)/p+1. The third kappa shape index (κ3) is 4.43. The fraction of sp³-hybridized carbons (Fsp3) is 0.0909. The third-order valence-electron chi connectivity index (χ3n) is 4.83. The van der Waals surface area contributed by atoms with Gasteiger partial charge in [0, 0.05) is 24.2 Å². The molecule has 166 valence electrons. The Balaban J connectivity index is 1.87. The number of benzene rings is 2. The van der Waals surface area contributed by atoms with Crippen LogP contribution in [-0.2, 0) is 19.6 Å². The van der Waals surface area contributed by atoms with Crippen molar-refractivity contribution >= 4 is 19.7 Å². The Hall–Kier alpha value is -4.14. The van der Waals surface area contributed by atoms with Gasteiger partial charge < -0.3 is 10.1 Å². The minimum absolute atomic E-state index is 0.0741. The molecule has 0 radical (unpaired) electrons. The molecule has 0 aliphatic rings. The summed E-state index contributed by atoms with van der Waals surface area (Å²) in [5, 5.41) is 6.98. The number of aromatic amines is 1. The van der Waals surface area contributed by atoms with Gasteiger partial charge in [-0.25, -0.2) is 9.67 Å². The number of carbonyl (C=O) groups excluding carboxylic acids is 1. The van der Waals surface area contributed by atoms with Crippen molar-refractivity contribution < 1.29 is 18.6 Å². The summed E-state index contributed by atoms with van der Waals surface area (Å²) >= 11 is 0. The molecule has 4 aromatic rings. The summed E-state index contributed by atoms with van der Waals surface area (Å²) < 4.78 is 25.7. The Morgan fingerprint density at radius 2 is 1.88 bits per heavy atom. The van der Waals surface area contributed by atoms with Crippen molar-refractivity contribution in [1.82, 2.24) is 25.1 Å². The quantitative estimate of drug-likeness (QED) is 0.220. The molecule has 0 saturated carbocycles. The van der Waals surface area contributed by atoms with Gasteiger partial charge in [-0.1, -0.05) is 18.2 Å². The van der Waals surface area contributed by atoms with Crippen LogP contribution in [0.4, 0.5) is 0 Å². The second-order valence-electron chi connectivity index (χ2n) is 6.76. The third-order valence-corrected chi connectivity index (χ3v) is 5.99. The molecule has 0 aliphatic carbocycles. The summed E-state index contributed by atoms with van der Waals surface area (Å²) in [6.45, 7) is 0. The molecule has 10 nitrogen and oxygen atoms in total. The first-order chi connectivity index (χ1) is 16.1. The highest BCUT2D eigenvalue weighted by Gasteiger charge is 2.47.